The Bertz CT molecular complexity index is 587. The molecule has 3 aliphatic rings. The van der Waals surface area contributed by atoms with Crippen LogP contribution in [0.2, 0.25) is 0 Å². The molecule has 0 unspecified atom stereocenters. The van der Waals surface area contributed by atoms with Crippen LogP contribution >= 0.6 is 0 Å². The molecule has 1 aliphatic carbocycles. The van der Waals surface area contributed by atoms with E-state index >= 15 is 0 Å². The molecule has 2 heterocycles. The number of amides is 1. The number of carbonyl (C=O) groups excluding carboxylic acids is 1. The number of nitrogens with one attached hydrogen (secondary N) is 1. The monoisotopic (exact) mass is 314 g/mol. The van der Waals surface area contributed by atoms with Gasteiger partial charge >= 0.3 is 0 Å². The minimum Gasteiger partial charge on any atom is -0.373 e. The summed E-state index contributed by atoms with van der Waals surface area (Å²) in [6, 6.07) is 6.80. The molecule has 0 spiro atoms. The van der Waals surface area contributed by atoms with Crippen molar-refractivity contribution in [3.63, 3.8) is 0 Å². The zero-order chi connectivity index (χ0) is 15.6. The van der Waals surface area contributed by atoms with Gasteiger partial charge in [-0.25, -0.2) is 0 Å². The van der Waals surface area contributed by atoms with Crippen LogP contribution in [0.4, 0.5) is 0 Å². The summed E-state index contributed by atoms with van der Waals surface area (Å²) >= 11 is 0. The van der Waals surface area contributed by atoms with E-state index in [0.29, 0.717) is 12.6 Å². The third-order valence-electron chi connectivity index (χ3n) is 5.56. The minimum absolute atomic E-state index is 0.0329. The summed E-state index contributed by atoms with van der Waals surface area (Å²) in [6.07, 6.45) is 7.45. The second kappa shape index (κ2) is 6.62. The topological polar surface area (TPSA) is 41.6 Å². The van der Waals surface area contributed by atoms with Gasteiger partial charge in [0.1, 0.15) is 0 Å². The molecule has 0 bridgehead atoms. The molecule has 124 valence electrons. The first-order chi connectivity index (χ1) is 11.3. The van der Waals surface area contributed by atoms with Gasteiger partial charge < -0.3 is 10.1 Å². The van der Waals surface area contributed by atoms with Gasteiger partial charge in [-0.1, -0.05) is 6.07 Å². The Hall–Kier alpha value is -1.39. The largest absolute Gasteiger partial charge is 0.373 e. The second-order valence-corrected chi connectivity index (χ2v) is 7.15. The highest BCUT2D eigenvalue weighted by molar-refractivity contribution is 5.94. The molecule has 2 aliphatic heterocycles. The van der Waals surface area contributed by atoms with Crippen LogP contribution in [0.15, 0.2) is 18.2 Å². The van der Waals surface area contributed by atoms with Crippen molar-refractivity contribution >= 4 is 5.91 Å². The first-order valence-electron chi connectivity index (χ1n) is 9.05. The van der Waals surface area contributed by atoms with Gasteiger partial charge in [0.15, 0.2) is 0 Å². The number of carbonyl (C=O) groups is 1. The number of hydrogen-bond acceptors (Lipinski definition) is 3. The van der Waals surface area contributed by atoms with Gasteiger partial charge in [0, 0.05) is 24.7 Å². The van der Waals surface area contributed by atoms with Gasteiger partial charge in [0.2, 0.25) is 0 Å². The first-order valence-corrected chi connectivity index (χ1v) is 9.05. The molecule has 2 atom stereocenters. The van der Waals surface area contributed by atoms with Gasteiger partial charge in [0.25, 0.3) is 5.91 Å². The summed E-state index contributed by atoms with van der Waals surface area (Å²) < 4.78 is 5.91. The van der Waals surface area contributed by atoms with Gasteiger partial charge in [-0.3, -0.25) is 9.69 Å². The van der Waals surface area contributed by atoms with Crippen molar-refractivity contribution < 1.29 is 9.53 Å². The van der Waals surface area contributed by atoms with Crippen LogP contribution in [0, 0.1) is 0 Å². The molecule has 1 aromatic carbocycles. The predicted octanol–water partition coefficient (Wildman–Crippen LogP) is 2.16. The second-order valence-electron chi connectivity index (χ2n) is 7.15. The Balaban J connectivity index is 1.33. The molecular weight excluding hydrogens is 288 g/mol. The summed E-state index contributed by atoms with van der Waals surface area (Å²) in [4.78, 5) is 14.9. The maximum Gasteiger partial charge on any atom is 0.251 e. The van der Waals surface area contributed by atoms with Crippen molar-refractivity contribution in [2.75, 3.05) is 26.2 Å². The van der Waals surface area contributed by atoms with E-state index in [4.69, 9.17) is 4.74 Å². The smallest absolute Gasteiger partial charge is 0.251 e. The first kappa shape index (κ1) is 15.2. The highest BCUT2D eigenvalue weighted by atomic mass is 16.5. The van der Waals surface area contributed by atoms with E-state index in [2.05, 4.69) is 22.3 Å². The van der Waals surface area contributed by atoms with E-state index in [-0.39, 0.29) is 12.0 Å². The summed E-state index contributed by atoms with van der Waals surface area (Å²) in [5, 5.41) is 3.06. The van der Waals surface area contributed by atoms with Crippen molar-refractivity contribution in [3.8, 4) is 0 Å². The Morgan fingerprint density at radius 2 is 2.09 bits per heavy atom. The summed E-state index contributed by atoms with van der Waals surface area (Å²) in [5.74, 6) is 0.0329. The Labute approximate surface area is 138 Å². The van der Waals surface area contributed by atoms with Crippen LogP contribution in [-0.4, -0.2) is 49.2 Å². The number of hydrogen-bond donors (Lipinski definition) is 1. The molecule has 2 fully saturated rings. The van der Waals surface area contributed by atoms with E-state index in [1.165, 1.54) is 43.4 Å². The molecule has 0 radical (unpaired) electrons. The van der Waals surface area contributed by atoms with Gasteiger partial charge in [-0.15, -0.1) is 0 Å². The average Bonchev–Trinajstić information content (AvgIpc) is 3.07. The maximum absolute atomic E-state index is 12.4. The van der Waals surface area contributed by atoms with E-state index in [1.807, 2.05) is 6.07 Å². The standard InChI is InChI=1S/C19H26N2O2/c22-19(16-8-7-14-4-1-2-5-15(14)10-16)20-11-18-12-21-9-3-6-17(21)13-23-18/h7-8,10,17-18H,1-6,9,11-13H2,(H,20,22)/t17-,18+/m1/s1. The van der Waals surface area contributed by atoms with Gasteiger partial charge in [-0.2, -0.15) is 0 Å². The van der Waals surface area contributed by atoms with E-state index < -0.39 is 0 Å². The van der Waals surface area contributed by atoms with Crippen LogP contribution < -0.4 is 5.32 Å². The molecule has 4 heteroatoms. The molecule has 2 saturated heterocycles. The highest BCUT2D eigenvalue weighted by Crippen LogP contribution is 2.23. The van der Waals surface area contributed by atoms with Crippen molar-refractivity contribution in [1.82, 2.24) is 10.2 Å². The fourth-order valence-electron chi connectivity index (χ4n) is 4.19. The predicted molar refractivity (Wildman–Crippen MR) is 89.8 cm³/mol. The lowest BCUT2D eigenvalue weighted by Gasteiger charge is -2.35. The molecule has 0 aromatic heterocycles. The lowest BCUT2D eigenvalue weighted by Crippen LogP contribution is -2.50. The number of benzene rings is 1. The molecule has 0 saturated carbocycles. The quantitative estimate of drug-likeness (QED) is 0.929. The molecule has 1 amide bonds. The Kier molecular flexibility index (Phi) is 4.36. The number of morpholine rings is 1. The lowest BCUT2D eigenvalue weighted by atomic mass is 9.90. The fourth-order valence-corrected chi connectivity index (χ4v) is 4.19. The van der Waals surface area contributed by atoms with Crippen LogP contribution in [0.1, 0.15) is 47.2 Å². The van der Waals surface area contributed by atoms with Crippen LogP contribution in [-0.2, 0) is 17.6 Å². The average molecular weight is 314 g/mol. The molecule has 4 nitrogen and oxygen atoms in total. The van der Waals surface area contributed by atoms with Crippen LogP contribution in [0.5, 0.6) is 0 Å². The van der Waals surface area contributed by atoms with Gasteiger partial charge in [0.05, 0.1) is 12.7 Å². The summed E-state index contributed by atoms with van der Waals surface area (Å²) in [6.45, 7) is 3.57. The third-order valence-corrected chi connectivity index (χ3v) is 5.56. The Morgan fingerprint density at radius 3 is 3.00 bits per heavy atom. The number of rotatable bonds is 3. The van der Waals surface area contributed by atoms with E-state index in [9.17, 15) is 4.79 Å². The van der Waals surface area contributed by atoms with Crippen LogP contribution in [0.3, 0.4) is 0 Å². The zero-order valence-corrected chi connectivity index (χ0v) is 13.7. The molecule has 1 aromatic rings. The summed E-state index contributed by atoms with van der Waals surface area (Å²) in [7, 11) is 0. The zero-order valence-electron chi connectivity index (χ0n) is 13.7. The highest BCUT2D eigenvalue weighted by Gasteiger charge is 2.32. The molecule has 4 rings (SSSR count). The van der Waals surface area contributed by atoms with Crippen LogP contribution in [0.25, 0.3) is 0 Å². The van der Waals surface area contributed by atoms with Crippen molar-refractivity contribution in [2.24, 2.45) is 0 Å². The number of aryl methyl sites for hydroxylation is 2. The molecule has 1 N–H and O–H groups in total. The number of ether oxygens (including phenoxy) is 1. The minimum atomic E-state index is 0.0329. The van der Waals surface area contributed by atoms with E-state index in [0.717, 1.165) is 31.6 Å². The summed E-state index contributed by atoms with van der Waals surface area (Å²) in [5.41, 5.74) is 3.57. The lowest BCUT2D eigenvalue weighted by molar-refractivity contribution is -0.0461. The Morgan fingerprint density at radius 1 is 1.22 bits per heavy atom. The molecule has 23 heavy (non-hydrogen) atoms. The fraction of sp³-hybridized carbons (Fsp3) is 0.632. The normalized spacial score (nSPS) is 27.3. The third kappa shape index (κ3) is 3.29. The van der Waals surface area contributed by atoms with Crippen molar-refractivity contribution in [1.29, 1.82) is 0 Å². The SMILES string of the molecule is O=C(NC[C@H]1CN2CCC[C@@H]2CO1)c1ccc2c(c1)CCCC2. The maximum atomic E-state index is 12.4. The number of fused-ring (bicyclic) bond motifs is 2. The van der Waals surface area contributed by atoms with E-state index in [1.54, 1.807) is 0 Å². The van der Waals surface area contributed by atoms with Crippen molar-refractivity contribution in [2.45, 2.75) is 50.7 Å². The molecular formula is C19H26N2O2. The van der Waals surface area contributed by atoms with Crippen molar-refractivity contribution in [3.05, 3.63) is 34.9 Å². The van der Waals surface area contributed by atoms with Gasteiger partial charge in [-0.05, 0) is 68.3 Å². The number of nitrogens with zero attached hydrogens (tertiary/aromatic N) is 1.